The van der Waals surface area contributed by atoms with Gasteiger partial charge in [-0.05, 0) is 12.8 Å². The fraction of sp³-hybridized carbons (Fsp3) is 0.923. The molecule has 8 heterocycles. The van der Waals surface area contributed by atoms with E-state index in [1.54, 1.807) is 0 Å². The lowest BCUT2D eigenvalue weighted by molar-refractivity contribution is -0.306. The zero-order chi connectivity index (χ0) is 69.5. The first kappa shape index (κ1) is 73.0. The van der Waals surface area contributed by atoms with Gasteiger partial charge in [0.1, 0.15) is 147 Å². The van der Waals surface area contributed by atoms with Crippen LogP contribution < -0.4 is 68.8 Å². The molecule has 43 heteroatoms. The zero-order valence-corrected chi connectivity index (χ0v) is 51.4. The Morgan fingerprint density at radius 2 is 0.663 bits per heavy atom. The van der Waals surface area contributed by atoms with Crippen LogP contribution in [0, 0.1) is 0 Å². The summed E-state index contributed by atoms with van der Waals surface area (Å²) in [7, 11) is 0. The molecule has 0 aromatic carbocycles. The first-order valence-corrected chi connectivity index (χ1v) is 31.4. The molecule has 20 unspecified atom stereocenters. The van der Waals surface area contributed by atoms with E-state index in [1.807, 2.05) is 0 Å². The maximum absolute atomic E-state index is 12.1. The molecule has 6 saturated heterocycles. The number of aliphatic hydroxyl groups excluding tert-OH is 12. The molecule has 2 aromatic heterocycles. The third kappa shape index (κ3) is 15.8. The third-order valence-corrected chi connectivity index (χ3v) is 18.7. The second-order valence-corrected chi connectivity index (χ2v) is 25.4. The summed E-state index contributed by atoms with van der Waals surface area (Å²) >= 11 is 0. The molecule has 0 amide bonds. The van der Waals surface area contributed by atoms with Crippen molar-refractivity contribution in [2.24, 2.45) is 68.8 Å². The molecule has 95 heavy (non-hydrogen) atoms. The number of hydrogen-bond donors (Lipinski definition) is 24. The van der Waals surface area contributed by atoms with Crippen molar-refractivity contribution >= 4 is 0 Å². The third-order valence-electron chi connectivity index (χ3n) is 18.7. The van der Waals surface area contributed by atoms with Gasteiger partial charge in [-0.1, -0.05) is 10.4 Å². The van der Waals surface area contributed by atoms with E-state index in [-0.39, 0.29) is 76.7 Å². The molecule has 43 nitrogen and oxygen atoms in total. The quantitative estimate of drug-likeness (QED) is 0.0439. The highest BCUT2D eigenvalue weighted by Crippen LogP contribution is 2.38. The highest BCUT2D eigenvalue weighted by atomic mass is 16.8. The smallest absolute Gasteiger partial charge is 0.187 e. The second kappa shape index (κ2) is 31.8. The highest BCUT2D eigenvalue weighted by molar-refractivity contribution is 5.06. The van der Waals surface area contributed by atoms with Crippen molar-refractivity contribution < 1.29 is 124 Å². The molecule has 0 spiro atoms. The molecule has 544 valence electrons. The molecular formula is C52H96N18O25. The number of ether oxygens (including phenoxy) is 13. The van der Waals surface area contributed by atoms with Gasteiger partial charge in [0.15, 0.2) is 37.7 Å². The standard InChI is InChI=1S/C52H96N18O25/c53-3-19-31(73)35(77)25(61)47(84-19)90-41-17(59)1-15(57)29(71)45(41)94-51-39(81)43(92-49-27(63)37(79)33(75)21(5-55)86-49)23(88-51)9-69-7-13(65-67-69)11-83-12-14-8-70(68-66-14)10-24-44(93-50-28(64)38(80)34(76)22(6-56)87-50)40(82)52(89-24)95-46-30(72)16(58)2-18(60)42(46)91-48-26(62)36(78)32(74)20(4-54)85-48/h7-8,15-52,71-82H,1-6,9-12,53-64H2/t15-,16-,17?,18?,19?,20?,21+,22+,23-,24-,25?,26?,27?,28?,29?,30?,31?,32?,33?,34?,35-,36-,37?,38?,39?,40?,41?,42?,43+,44+,45-,46-,47-,48-,49-,50-,51+,52+/m1/s1/i/hD. The van der Waals surface area contributed by atoms with Crippen LogP contribution in [0.15, 0.2) is 12.4 Å². The van der Waals surface area contributed by atoms with E-state index < -0.39 is 233 Å². The van der Waals surface area contributed by atoms with E-state index in [2.05, 4.69) is 26.4 Å². The molecule has 8 aliphatic rings. The van der Waals surface area contributed by atoms with Gasteiger partial charge >= 0.3 is 0 Å². The fourth-order valence-electron chi connectivity index (χ4n) is 13.1. The minimum absolute atomic E-state index is 0.000319. The first-order chi connectivity index (χ1) is 45.7. The van der Waals surface area contributed by atoms with Gasteiger partial charge in [0, 0.05) is 50.3 Å². The Labute approximate surface area is 543 Å². The highest BCUT2D eigenvalue weighted by Gasteiger charge is 2.58. The van der Waals surface area contributed by atoms with Crippen molar-refractivity contribution in [2.75, 3.05) is 26.2 Å². The maximum atomic E-state index is 12.1. The summed E-state index contributed by atoms with van der Waals surface area (Å²) in [5.74, 6) is 0. The molecule has 6 aliphatic heterocycles. The summed E-state index contributed by atoms with van der Waals surface area (Å²) in [5.41, 5.74) is 70.4. The summed E-state index contributed by atoms with van der Waals surface area (Å²) in [6, 6.07) is -9.38. The Hall–Kier alpha value is -3.20. The molecule has 10 rings (SSSR count). The van der Waals surface area contributed by atoms with Crippen LogP contribution in [0.1, 0.15) is 24.2 Å². The van der Waals surface area contributed by atoms with Gasteiger partial charge in [0.05, 0.1) is 75.1 Å². The average molecular weight is 1370 g/mol. The Bertz CT molecular complexity index is 2740. The molecule has 36 N–H and O–H groups in total. The van der Waals surface area contributed by atoms with Crippen LogP contribution in [0.4, 0.5) is 0 Å². The zero-order valence-electron chi connectivity index (χ0n) is 52.4. The van der Waals surface area contributed by atoms with Crippen LogP contribution in [0.3, 0.4) is 0 Å². The molecule has 2 saturated carbocycles. The predicted octanol–water partition coefficient (Wildman–Crippen LogP) is -17.2. The lowest BCUT2D eigenvalue weighted by Gasteiger charge is -2.47. The molecular weight excluding hydrogens is 1280 g/mol. The maximum Gasteiger partial charge on any atom is 0.187 e. The van der Waals surface area contributed by atoms with Crippen LogP contribution in [-0.2, 0) is 87.9 Å². The van der Waals surface area contributed by atoms with Crippen molar-refractivity contribution in [1.29, 1.82) is 0 Å². The van der Waals surface area contributed by atoms with E-state index in [9.17, 15) is 61.3 Å². The van der Waals surface area contributed by atoms with Crippen LogP contribution in [0.5, 0.6) is 0 Å². The normalized spacial score (nSPS) is 49.3. The molecule has 0 radical (unpaired) electrons. The molecule has 2 aromatic rings. The minimum atomic E-state index is -1.78. The lowest BCUT2D eigenvalue weighted by atomic mass is 9.84. The summed E-state index contributed by atoms with van der Waals surface area (Å²) < 4.78 is 90.0. The molecule has 8 fully saturated rings. The number of nitrogens with zero attached hydrogens (tertiary/aromatic N) is 6. The van der Waals surface area contributed by atoms with E-state index in [1.165, 1.54) is 21.8 Å². The Kier molecular flexibility index (Phi) is 24.4. The van der Waals surface area contributed by atoms with Crippen LogP contribution in [-0.4, -0.2) is 350 Å². The topological polar surface area (TPSA) is 736 Å². The predicted molar refractivity (Wildman–Crippen MR) is 311 cm³/mol. The average Bonchev–Trinajstić information content (AvgIpc) is 1.38. The van der Waals surface area contributed by atoms with Crippen molar-refractivity contribution in [3.8, 4) is 0 Å². The Morgan fingerprint density at radius 3 is 0.989 bits per heavy atom. The van der Waals surface area contributed by atoms with Crippen molar-refractivity contribution in [3.63, 3.8) is 0 Å². The van der Waals surface area contributed by atoms with Gasteiger partial charge in [-0.2, -0.15) is 0 Å². The van der Waals surface area contributed by atoms with Crippen molar-refractivity contribution in [3.05, 3.63) is 23.8 Å². The van der Waals surface area contributed by atoms with Crippen LogP contribution in [0.2, 0.25) is 1.41 Å². The first-order valence-electron chi connectivity index (χ1n) is 31.9. The van der Waals surface area contributed by atoms with Gasteiger partial charge in [-0.15, -0.1) is 10.2 Å². The lowest BCUT2D eigenvalue weighted by Crippen LogP contribution is -2.68. The van der Waals surface area contributed by atoms with E-state index in [4.69, 9.17) is 126 Å². The summed E-state index contributed by atoms with van der Waals surface area (Å²) in [6.07, 6.45) is -40.7. The van der Waals surface area contributed by atoms with Gasteiger partial charge < -0.3 is 192 Å². The van der Waals surface area contributed by atoms with Crippen LogP contribution in [0.25, 0.3) is 0 Å². The van der Waals surface area contributed by atoms with Crippen molar-refractivity contribution in [2.45, 2.75) is 272 Å². The Morgan fingerprint density at radius 1 is 0.368 bits per heavy atom. The number of aromatic nitrogens is 6. The summed E-state index contributed by atoms with van der Waals surface area (Å²) in [4.78, 5) is 0. The van der Waals surface area contributed by atoms with E-state index in [0.29, 0.717) is 0 Å². The number of hydrogen-bond acceptors (Lipinski definition) is 41. The number of nitrogens with two attached hydrogens (primary N) is 12. The largest absolute Gasteiger partial charge is 0.389 e. The van der Waals surface area contributed by atoms with E-state index in [0.717, 1.165) is 0 Å². The van der Waals surface area contributed by atoms with Gasteiger partial charge in [-0.3, -0.25) is 0 Å². The summed E-state index contributed by atoms with van der Waals surface area (Å²) in [6.45, 7) is -1.86. The van der Waals surface area contributed by atoms with Gasteiger partial charge in [-0.25, -0.2) is 9.36 Å². The van der Waals surface area contributed by atoms with Crippen LogP contribution >= 0.6 is 0 Å². The molecule has 2 aliphatic carbocycles. The van der Waals surface area contributed by atoms with Gasteiger partial charge in [0.25, 0.3) is 0 Å². The van der Waals surface area contributed by atoms with Gasteiger partial charge in [0.2, 0.25) is 0 Å². The number of aliphatic hydroxyl groups is 12. The van der Waals surface area contributed by atoms with E-state index >= 15 is 0 Å². The molecule has 38 atom stereocenters. The van der Waals surface area contributed by atoms with Crippen molar-refractivity contribution in [1.82, 2.24) is 30.0 Å². The SMILES string of the molecule is [2H]NC1C(O)C(O)[C@H](CN)O[C@@H]1O[C@@H]1C(O)[C@H](O[C@H]2C(O[C@H]3OC(CN)C(O)[C@H](O)C3N)C(N)C[C@@H](N)C2O)O[C@@H]1Cn1cc(COCc2cn(C[C@H]3O[C@@H](O[C@H]4C(O[C@H]5OC(CN)C(O)[C@H](O)C5N)C(N)C[C@@H](N)C4O)C(O)[C@H]3O[C@H]3O[C@@H](CN)C(O)C(O)C3N)nn2)nn1. The minimum Gasteiger partial charge on any atom is -0.389 e. The molecule has 0 bridgehead atoms. The fourth-order valence-corrected chi connectivity index (χ4v) is 13.1. The Balaban J connectivity index is 0.818. The number of rotatable bonds is 25. The second-order valence-electron chi connectivity index (χ2n) is 25.4. The monoisotopic (exact) mass is 1370 g/mol. The summed E-state index contributed by atoms with van der Waals surface area (Å²) in [5, 5.41) is 150.